The van der Waals surface area contributed by atoms with E-state index in [0.29, 0.717) is 16.8 Å². The van der Waals surface area contributed by atoms with Crippen molar-refractivity contribution in [2.75, 3.05) is 4.31 Å². The highest BCUT2D eigenvalue weighted by molar-refractivity contribution is 7.93. The molecule has 0 aliphatic rings. The Morgan fingerprint density at radius 2 is 1.31 bits per heavy atom. The molecule has 0 N–H and O–H groups in total. The number of sulfonamides is 1. The minimum Gasteiger partial charge on any atom is -0.268 e. The van der Waals surface area contributed by atoms with E-state index >= 15 is 0 Å². The Kier molecular flexibility index (Phi) is 5.62. The quantitative estimate of drug-likeness (QED) is 0.592. The first-order valence-electron chi connectivity index (χ1n) is 9.42. The molecule has 0 radical (unpaired) electrons. The van der Waals surface area contributed by atoms with Gasteiger partial charge in [0.1, 0.15) is 0 Å². The Morgan fingerprint density at radius 1 is 0.724 bits per heavy atom. The molecule has 0 aliphatic carbocycles. The molecule has 0 aromatic heterocycles. The van der Waals surface area contributed by atoms with Crippen LogP contribution in [-0.2, 0) is 10.0 Å². The topological polar surface area (TPSA) is 54.5 Å². The molecule has 5 heteroatoms. The number of rotatable bonds is 4. The summed E-state index contributed by atoms with van der Waals surface area (Å²) in [5, 5.41) is 0. The molecule has 3 aromatic rings. The summed E-state index contributed by atoms with van der Waals surface area (Å²) in [6.07, 6.45) is 0. The van der Waals surface area contributed by atoms with Crippen molar-refractivity contribution in [3.63, 3.8) is 0 Å². The van der Waals surface area contributed by atoms with Crippen molar-refractivity contribution in [2.45, 2.75) is 39.5 Å². The number of amides is 1. The molecule has 0 fully saturated rings. The zero-order valence-electron chi connectivity index (χ0n) is 17.4. The maximum atomic E-state index is 13.7. The summed E-state index contributed by atoms with van der Waals surface area (Å²) in [5.74, 6) is -0.544. The van der Waals surface area contributed by atoms with Crippen LogP contribution >= 0.6 is 0 Å². The van der Waals surface area contributed by atoms with E-state index in [-0.39, 0.29) is 4.90 Å². The maximum absolute atomic E-state index is 13.7. The fourth-order valence-electron chi connectivity index (χ4n) is 3.60. The van der Waals surface area contributed by atoms with Gasteiger partial charge in [-0.25, -0.2) is 8.42 Å². The minimum absolute atomic E-state index is 0.0803. The smallest absolute Gasteiger partial charge is 0.268 e. The number of anilines is 1. The Morgan fingerprint density at radius 3 is 1.90 bits per heavy atom. The third kappa shape index (κ3) is 3.96. The third-order valence-corrected chi connectivity index (χ3v) is 6.65. The van der Waals surface area contributed by atoms with Gasteiger partial charge in [0.15, 0.2) is 0 Å². The van der Waals surface area contributed by atoms with Crippen LogP contribution in [0.4, 0.5) is 5.69 Å². The Labute approximate surface area is 172 Å². The van der Waals surface area contributed by atoms with E-state index in [1.807, 2.05) is 58.9 Å². The predicted octanol–water partition coefficient (Wildman–Crippen LogP) is 5.26. The van der Waals surface area contributed by atoms with Crippen LogP contribution in [0.3, 0.4) is 0 Å². The van der Waals surface area contributed by atoms with Crippen molar-refractivity contribution in [3.05, 3.63) is 94.0 Å². The number of benzene rings is 3. The summed E-state index contributed by atoms with van der Waals surface area (Å²) in [6.45, 7) is 9.32. The molecule has 0 unspecified atom stereocenters. The first-order chi connectivity index (χ1) is 13.6. The van der Waals surface area contributed by atoms with Crippen LogP contribution in [0.15, 0.2) is 65.6 Å². The average Bonchev–Trinajstić information content (AvgIpc) is 2.64. The van der Waals surface area contributed by atoms with Crippen LogP contribution in [-0.4, -0.2) is 14.3 Å². The van der Waals surface area contributed by atoms with Gasteiger partial charge in [-0.2, -0.15) is 4.31 Å². The van der Waals surface area contributed by atoms with Crippen molar-refractivity contribution in [1.82, 2.24) is 0 Å². The zero-order valence-corrected chi connectivity index (χ0v) is 18.2. The van der Waals surface area contributed by atoms with Gasteiger partial charge in [0.2, 0.25) is 0 Å². The van der Waals surface area contributed by atoms with Crippen molar-refractivity contribution in [3.8, 4) is 0 Å². The second-order valence-electron chi connectivity index (χ2n) is 7.45. The van der Waals surface area contributed by atoms with Crippen LogP contribution in [0.1, 0.15) is 38.2 Å². The van der Waals surface area contributed by atoms with E-state index in [2.05, 4.69) is 0 Å². The van der Waals surface area contributed by atoms with Gasteiger partial charge < -0.3 is 0 Å². The lowest BCUT2D eigenvalue weighted by atomic mass is 9.99. The van der Waals surface area contributed by atoms with Gasteiger partial charge in [0.25, 0.3) is 15.9 Å². The second kappa shape index (κ2) is 7.84. The number of carbonyl (C=O) groups excluding carboxylic acids is 1. The summed E-state index contributed by atoms with van der Waals surface area (Å²) >= 11 is 0. The first kappa shape index (κ1) is 20.8. The van der Waals surface area contributed by atoms with Crippen LogP contribution in [0, 0.1) is 34.6 Å². The molecule has 3 rings (SSSR count). The Hall–Kier alpha value is -2.92. The zero-order chi connectivity index (χ0) is 21.3. The normalized spacial score (nSPS) is 11.3. The minimum atomic E-state index is -4.10. The molecule has 0 heterocycles. The van der Waals surface area contributed by atoms with Gasteiger partial charge in [-0.1, -0.05) is 48.0 Å². The number of hydrogen-bond acceptors (Lipinski definition) is 3. The Balaban J connectivity index is 2.30. The van der Waals surface area contributed by atoms with E-state index in [1.54, 1.807) is 24.3 Å². The highest BCUT2D eigenvalue weighted by Gasteiger charge is 2.34. The predicted molar refractivity (Wildman–Crippen MR) is 117 cm³/mol. The number of nitrogens with zero attached hydrogens (tertiary/aromatic N) is 1. The summed E-state index contributed by atoms with van der Waals surface area (Å²) in [7, 11) is -4.10. The largest absolute Gasteiger partial charge is 0.272 e. The summed E-state index contributed by atoms with van der Waals surface area (Å²) < 4.78 is 28.2. The highest BCUT2D eigenvalue weighted by Crippen LogP contribution is 2.31. The number of carbonyl (C=O) groups is 1. The molecule has 0 saturated carbocycles. The standard InChI is InChI=1S/C24H25NO3S/c1-16-11-12-18(3)22(15-16)25(29(27,28)21-9-7-6-8-10-21)24(26)23-19(4)13-17(2)14-20(23)5/h6-15H,1-5H3. The molecule has 0 aliphatic heterocycles. The monoisotopic (exact) mass is 407 g/mol. The van der Waals surface area contributed by atoms with E-state index in [0.717, 1.165) is 26.6 Å². The van der Waals surface area contributed by atoms with Crippen molar-refractivity contribution in [2.24, 2.45) is 0 Å². The van der Waals surface area contributed by atoms with Crippen molar-refractivity contribution in [1.29, 1.82) is 0 Å². The molecule has 150 valence electrons. The van der Waals surface area contributed by atoms with Crippen LogP contribution in [0.25, 0.3) is 0 Å². The van der Waals surface area contributed by atoms with Gasteiger partial charge in [-0.05, 0) is 75.1 Å². The molecule has 0 atom stereocenters. The van der Waals surface area contributed by atoms with E-state index in [4.69, 9.17) is 0 Å². The summed E-state index contributed by atoms with van der Waals surface area (Å²) in [6, 6.07) is 17.4. The first-order valence-corrected chi connectivity index (χ1v) is 10.9. The average molecular weight is 408 g/mol. The molecule has 0 spiro atoms. The lowest BCUT2D eigenvalue weighted by molar-refractivity contribution is 0.100. The molecular weight excluding hydrogens is 382 g/mol. The highest BCUT2D eigenvalue weighted by atomic mass is 32.2. The van der Waals surface area contributed by atoms with E-state index < -0.39 is 15.9 Å². The maximum Gasteiger partial charge on any atom is 0.272 e. The van der Waals surface area contributed by atoms with Gasteiger partial charge in [-0.15, -0.1) is 0 Å². The van der Waals surface area contributed by atoms with Gasteiger partial charge in [-0.3, -0.25) is 4.79 Å². The molecule has 0 saturated heterocycles. The molecule has 29 heavy (non-hydrogen) atoms. The van der Waals surface area contributed by atoms with Gasteiger partial charge >= 0.3 is 0 Å². The molecular formula is C24H25NO3S. The fourth-order valence-corrected chi connectivity index (χ4v) is 5.08. The van der Waals surface area contributed by atoms with E-state index in [1.165, 1.54) is 12.1 Å². The van der Waals surface area contributed by atoms with Gasteiger partial charge in [0.05, 0.1) is 10.6 Å². The molecule has 3 aromatic carbocycles. The second-order valence-corrected chi connectivity index (χ2v) is 9.24. The van der Waals surface area contributed by atoms with E-state index in [9.17, 15) is 13.2 Å². The SMILES string of the molecule is Cc1cc(C)c(C(=O)N(c2cc(C)ccc2C)S(=O)(=O)c2ccccc2)c(C)c1. The molecule has 0 bridgehead atoms. The lowest BCUT2D eigenvalue weighted by Gasteiger charge is -2.26. The van der Waals surface area contributed by atoms with Crippen LogP contribution < -0.4 is 4.31 Å². The number of aryl methyl sites for hydroxylation is 5. The van der Waals surface area contributed by atoms with Gasteiger partial charge in [0, 0.05) is 5.56 Å². The van der Waals surface area contributed by atoms with Crippen molar-refractivity contribution < 1.29 is 13.2 Å². The Bertz CT molecular complexity index is 1160. The van der Waals surface area contributed by atoms with Crippen LogP contribution in [0.2, 0.25) is 0 Å². The third-order valence-electron chi connectivity index (χ3n) is 4.94. The van der Waals surface area contributed by atoms with Crippen molar-refractivity contribution >= 4 is 21.6 Å². The molecule has 4 nitrogen and oxygen atoms in total. The summed E-state index contributed by atoms with van der Waals surface area (Å²) in [5.41, 5.74) is 4.92. The lowest BCUT2D eigenvalue weighted by Crippen LogP contribution is -2.38. The number of hydrogen-bond donors (Lipinski definition) is 0. The molecule has 1 amide bonds. The van der Waals surface area contributed by atoms with Crippen LogP contribution in [0.5, 0.6) is 0 Å². The summed E-state index contributed by atoms with van der Waals surface area (Å²) in [4.78, 5) is 13.8. The fraction of sp³-hybridized carbons (Fsp3) is 0.208.